The van der Waals surface area contributed by atoms with Crippen LogP contribution in [0.5, 0.6) is 0 Å². The fourth-order valence-electron chi connectivity index (χ4n) is 3.16. The Hall–Kier alpha value is -1.79. The first kappa shape index (κ1) is 17.0. The second kappa shape index (κ2) is 7.40. The Morgan fingerprint density at radius 3 is 2.88 bits per heavy atom. The van der Waals surface area contributed by atoms with Crippen LogP contribution in [0.1, 0.15) is 28.2 Å². The normalized spacial score (nSPS) is 18.0. The maximum atomic E-state index is 13.1. The number of carbonyl (C=O) groups is 1. The molecule has 0 spiro atoms. The summed E-state index contributed by atoms with van der Waals surface area (Å²) in [6.45, 7) is 4.41. The van der Waals surface area contributed by atoms with Crippen LogP contribution in [0.2, 0.25) is 0 Å². The van der Waals surface area contributed by atoms with E-state index >= 15 is 0 Å². The third kappa shape index (κ3) is 3.65. The second-order valence-corrected chi connectivity index (χ2v) is 7.26. The van der Waals surface area contributed by atoms with Crippen molar-refractivity contribution in [3.05, 3.63) is 40.7 Å². The molecule has 3 rings (SSSR count). The molecule has 1 N–H and O–H groups in total. The first-order valence-electron chi connectivity index (χ1n) is 8.25. The molecule has 1 aliphatic rings. The lowest BCUT2D eigenvalue weighted by Crippen LogP contribution is -2.42. The van der Waals surface area contributed by atoms with Gasteiger partial charge in [0, 0.05) is 18.7 Å². The molecule has 1 amide bonds. The quantitative estimate of drug-likeness (QED) is 0.923. The van der Waals surface area contributed by atoms with E-state index in [0.717, 1.165) is 48.7 Å². The second-order valence-electron chi connectivity index (χ2n) is 6.26. The Morgan fingerprint density at radius 1 is 1.42 bits per heavy atom. The lowest BCUT2D eigenvalue weighted by molar-refractivity contribution is 0.0678. The molecule has 0 saturated carbocycles. The number of hydrogen-bond donors (Lipinski definition) is 1. The molecule has 1 aromatic heterocycles. The van der Waals surface area contributed by atoms with E-state index in [-0.39, 0.29) is 11.7 Å². The number of benzene rings is 1. The van der Waals surface area contributed by atoms with Gasteiger partial charge in [0.2, 0.25) is 0 Å². The zero-order valence-corrected chi connectivity index (χ0v) is 14.8. The van der Waals surface area contributed by atoms with E-state index in [1.807, 2.05) is 18.9 Å². The third-order valence-electron chi connectivity index (χ3n) is 4.38. The predicted octanol–water partition coefficient (Wildman–Crippen LogP) is 3.33. The van der Waals surface area contributed by atoms with Gasteiger partial charge in [-0.25, -0.2) is 9.37 Å². The minimum absolute atomic E-state index is 0.0687. The fourth-order valence-corrected chi connectivity index (χ4v) is 4.20. The van der Waals surface area contributed by atoms with Crippen LogP contribution in [0.3, 0.4) is 0 Å². The topological polar surface area (TPSA) is 45.2 Å². The fraction of sp³-hybridized carbons (Fsp3) is 0.444. The smallest absolute Gasteiger partial charge is 0.265 e. The Morgan fingerprint density at radius 2 is 2.17 bits per heavy atom. The van der Waals surface area contributed by atoms with E-state index in [9.17, 15) is 9.18 Å². The summed E-state index contributed by atoms with van der Waals surface area (Å²) in [5.41, 5.74) is 1.59. The highest BCUT2D eigenvalue weighted by atomic mass is 32.1. The highest BCUT2D eigenvalue weighted by Gasteiger charge is 2.27. The first-order chi connectivity index (χ1) is 11.6. The van der Waals surface area contributed by atoms with Crippen molar-refractivity contribution >= 4 is 17.2 Å². The van der Waals surface area contributed by atoms with Crippen LogP contribution in [0.4, 0.5) is 4.39 Å². The molecule has 128 valence electrons. The summed E-state index contributed by atoms with van der Waals surface area (Å²) in [6, 6.07) is 6.23. The molecule has 1 aliphatic heterocycles. The number of thiazole rings is 1. The molecule has 0 bridgehead atoms. The number of nitrogens with one attached hydrogen (secondary N) is 1. The lowest BCUT2D eigenvalue weighted by atomic mass is 9.98. The molecular weight excluding hydrogens is 325 g/mol. The van der Waals surface area contributed by atoms with Crippen molar-refractivity contribution in [1.82, 2.24) is 15.2 Å². The van der Waals surface area contributed by atoms with Gasteiger partial charge in [-0.15, -0.1) is 11.3 Å². The zero-order chi connectivity index (χ0) is 17.1. The Labute approximate surface area is 145 Å². The van der Waals surface area contributed by atoms with Crippen molar-refractivity contribution in [1.29, 1.82) is 0 Å². The van der Waals surface area contributed by atoms with Gasteiger partial charge in [0.15, 0.2) is 0 Å². The number of nitrogens with zero attached hydrogens (tertiary/aromatic N) is 2. The SMILES string of the molecule is CNCC1CCCN(C(=O)c2sc(-c3ccc(F)cc3)nc2C)C1. The molecule has 1 fully saturated rings. The lowest BCUT2D eigenvalue weighted by Gasteiger charge is -2.32. The molecule has 6 heteroatoms. The van der Waals surface area contributed by atoms with Gasteiger partial charge in [-0.2, -0.15) is 0 Å². The van der Waals surface area contributed by atoms with Gasteiger partial charge in [-0.3, -0.25) is 4.79 Å². The van der Waals surface area contributed by atoms with E-state index in [2.05, 4.69) is 10.3 Å². The minimum Gasteiger partial charge on any atom is -0.338 e. The molecule has 1 saturated heterocycles. The number of aryl methyl sites for hydroxylation is 1. The van der Waals surface area contributed by atoms with Gasteiger partial charge in [0.25, 0.3) is 5.91 Å². The highest BCUT2D eigenvalue weighted by Crippen LogP contribution is 2.30. The van der Waals surface area contributed by atoms with Gasteiger partial charge >= 0.3 is 0 Å². The van der Waals surface area contributed by atoms with Crippen molar-refractivity contribution in [2.24, 2.45) is 5.92 Å². The number of carbonyl (C=O) groups excluding carboxylic acids is 1. The van der Waals surface area contributed by atoms with Crippen LogP contribution in [0.15, 0.2) is 24.3 Å². The van der Waals surface area contributed by atoms with Crippen molar-refractivity contribution in [3.63, 3.8) is 0 Å². The number of piperidine rings is 1. The van der Waals surface area contributed by atoms with Gasteiger partial charge in [-0.05, 0) is 63.5 Å². The molecule has 24 heavy (non-hydrogen) atoms. The molecule has 2 heterocycles. The molecule has 0 aliphatic carbocycles. The highest BCUT2D eigenvalue weighted by molar-refractivity contribution is 7.17. The van der Waals surface area contributed by atoms with Crippen LogP contribution in [-0.2, 0) is 0 Å². The average molecular weight is 347 g/mol. The summed E-state index contributed by atoms with van der Waals surface area (Å²) in [5.74, 6) is 0.309. The van der Waals surface area contributed by atoms with Gasteiger partial charge < -0.3 is 10.2 Å². The van der Waals surface area contributed by atoms with Crippen molar-refractivity contribution in [3.8, 4) is 10.6 Å². The monoisotopic (exact) mass is 347 g/mol. The Bertz CT molecular complexity index is 712. The van der Waals surface area contributed by atoms with E-state index in [1.54, 1.807) is 12.1 Å². The van der Waals surface area contributed by atoms with Crippen LogP contribution in [0.25, 0.3) is 10.6 Å². The summed E-state index contributed by atoms with van der Waals surface area (Å²) < 4.78 is 13.1. The largest absolute Gasteiger partial charge is 0.338 e. The summed E-state index contributed by atoms with van der Waals surface area (Å²) in [7, 11) is 1.95. The standard InChI is InChI=1S/C18H22FN3OS/c1-12-16(18(23)22-9-3-4-13(11-22)10-20-2)24-17(21-12)14-5-7-15(19)8-6-14/h5-8,13,20H,3-4,9-11H2,1-2H3. The first-order valence-corrected chi connectivity index (χ1v) is 9.07. The van der Waals surface area contributed by atoms with Gasteiger partial charge in [0.1, 0.15) is 15.7 Å². The number of rotatable bonds is 4. The van der Waals surface area contributed by atoms with Crippen molar-refractivity contribution in [2.75, 3.05) is 26.7 Å². The number of halogens is 1. The number of amides is 1. The molecular formula is C18H22FN3OS. The molecule has 1 aromatic carbocycles. The van der Waals surface area contributed by atoms with Crippen molar-refractivity contribution in [2.45, 2.75) is 19.8 Å². The number of aromatic nitrogens is 1. The van der Waals surface area contributed by atoms with E-state index < -0.39 is 0 Å². The van der Waals surface area contributed by atoms with Crippen LogP contribution >= 0.6 is 11.3 Å². The minimum atomic E-state index is -0.271. The molecule has 2 aromatic rings. The van der Waals surface area contributed by atoms with Crippen LogP contribution in [0, 0.1) is 18.7 Å². The van der Waals surface area contributed by atoms with Crippen LogP contribution in [-0.4, -0.2) is 42.5 Å². The molecule has 4 nitrogen and oxygen atoms in total. The maximum absolute atomic E-state index is 13.1. The summed E-state index contributed by atoms with van der Waals surface area (Å²) >= 11 is 1.39. The Balaban J connectivity index is 1.79. The maximum Gasteiger partial charge on any atom is 0.265 e. The summed E-state index contributed by atoms with van der Waals surface area (Å²) in [4.78, 5) is 20.0. The third-order valence-corrected chi connectivity index (χ3v) is 5.58. The predicted molar refractivity (Wildman–Crippen MR) is 94.8 cm³/mol. The van der Waals surface area contributed by atoms with E-state index in [1.165, 1.54) is 23.5 Å². The van der Waals surface area contributed by atoms with E-state index in [4.69, 9.17) is 0 Å². The number of hydrogen-bond acceptors (Lipinski definition) is 4. The molecule has 0 radical (unpaired) electrons. The number of likely N-dealkylation sites (tertiary alicyclic amines) is 1. The van der Waals surface area contributed by atoms with Crippen molar-refractivity contribution < 1.29 is 9.18 Å². The molecule has 1 unspecified atom stereocenters. The van der Waals surface area contributed by atoms with Crippen LogP contribution < -0.4 is 5.32 Å². The van der Waals surface area contributed by atoms with Gasteiger partial charge in [-0.1, -0.05) is 0 Å². The molecule has 1 atom stereocenters. The van der Waals surface area contributed by atoms with E-state index in [0.29, 0.717) is 10.8 Å². The summed E-state index contributed by atoms with van der Waals surface area (Å²) in [6.07, 6.45) is 2.20. The summed E-state index contributed by atoms with van der Waals surface area (Å²) in [5, 5.41) is 3.96. The average Bonchev–Trinajstić information content (AvgIpc) is 2.97. The van der Waals surface area contributed by atoms with Gasteiger partial charge in [0.05, 0.1) is 5.69 Å². The Kier molecular flexibility index (Phi) is 5.26. The zero-order valence-electron chi connectivity index (χ0n) is 14.0.